The molecule has 1 aliphatic rings. The number of nitrogens with zero attached hydrogens (tertiary/aromatic N) is 3. The lowest BCUT2D eigenvalue weighted by molar-refractivity contribution is -0.148. The summed E-state index contributed by atoms with van der Waals surface area (Å²) >= 11 is 1.54. The summed E-state index contributed by atoms with van der Waals surface area (Å²) < 4.78 is 5.64. The fraction of sp³-hybridized carbons (Fsp3) is 0.469. The first-order valence-corrected chi connectivity index (χ1v) is 15.0. The van der Waals surface area contributed by atoms with Crippen LogP contribution in [0, 0.1) is 0 Å². The Morgan fingerprint density at radius 1 is 0.951 bits per heavy atom. The van der Waals surface area contributed by atoms with Gasteiger partial charge in [-0.2, -0.15) is 0 Å². The van der Waals surface area contributed by atoms with Crippen molar-refractivity contribution in [2.75, 3.05) is 27.2 Å². The van der Waals surface area contributed by atoms with Crippen LogP contribution in [0.1, 0.15) is 44.1 Å². The van der Waals surface area contributed by atoms with E-state index in [1.807, 2.05) is 60.0 Å². The molecule has 41 heavy (non-hydrogen) atoms. The van der Waals surface area contributed by atoms with Gasteiger partial charge in [-0.05, 0) is 61.4 Å². The molecular weight excluding hydrogens is 538 g/mol. The second-order valence-electron chi connectivity index (χ2n) is 11.8. The molecule has 9 heteroatoms. The van der Waals surface area contributed by atoms with Gasteiger partial charge in [0.05, 0.1) is 6.10 Å². The Kier molecular flexibility index (Phi) is 9.71. The maximum Gasteiger partial charge on any atom is 0.410 e. The summed E-state index contributed by atoms with van der Waals surface area (Å²) in [5.74, 6) is -0.482. The van der Waals surface area contributed by atoms with Gasteiger partial charge in [0.25, 0.3) is 0 Å². The number of fused-ring (bicyclic) bond motifs is 1. The quantitative estimate of drug-likeness (QED) is 0.417. The molecule has 2 aromatic carbocycles. The standard InChI is InChI=1S/C32H41N3O5S/c1-32(2,3)40-31(39)34(5)27(20-22-12-13-23-9-6-7-10-24(23)19-22)29(37)33(4)28(21-26-11-8-18-41-26)30(38)35-16-14-25(36)15-17-35/h6-13,18-19,25,27-28,36H,14-17,20-21H2,1-5H3/t27-,28-/m1/s1. The van der Waals surface area contributed by atoms with Crippen LogP contribution in [-0.4, -0.2) is 88.7 Å². The number of carbonyl (C=O) groups is 3. The van der Waals surface area contributed by atoms with E-state index in [2.05, 4.69) is 0 Å². The number of hydrogen-bond donors (Lipinski definition) is 1. The lowest BCUT2D eigenvalue weighted by atomic mass is 9.99. The Morgan fingerprint density at radius 3 is 2.27 bits per heavy atom. The number of aliphatic hydroxyl groups excluding tert-OH is 1. The molecule has 1 aliphatic heterocycles. The predicted octanol–water partition coefficient (Wildman–Crippen LogP) is 4.73. The van der Waals surface area contributed by atoms with Crippen molar-refractivity contribution in [3.63, 3.8) is 0 Å². The Balaban J connectivity index is 1.65. The van der Waals surface area contributed by atoms with Crippen molar-refractivity contribution in [2.45, 2.75) is 70.2 Å². The molecule has 2 atom stereocenters. The minimum absolute atomic E-state index is 0.148. The van der Waals surface area contributed by atoms with Gasteiger partial charge in [0.1, 0.15) is 17.7 Å². The maximum atomic E-state index is 14.3. The summed E-state index contributed by atoms with van der Waals surface area (Å²) in [6.45, 7) is 6.26. The largest absolute Gasteiger partial charge is 0.444 e. The van der Waals surface area contributed by atoms with E-state index in [9.17, 15) is 19.5 Å². The van der Waals surface area contributed by atoms with E-state index in [0.717, 1.165) is 21.2 Å². The van der Waals surface area contributed by atoms with Gasteiger partial charge in [0.15, 0.2) is 0 Å². The predicted molar refractivity (Wildman–Crippen MR) is 162 cm³/mol. The summed E-state index contributed by atoms with van der Waals surface area (Å²) in [7, 11) is 3.22. The van der Waals surface area contributed by atoms with E-state index in [1.165, 1.54) is 9.80 Å². The molecule has 3 amide bonds. The van der Waals surface area contributed by atoms with E-state index >= 15 is 0 Å². The van der Waals surface area contributed by atoms with Crippen molar-refractivity contribution in [3.8, 4) is 0 Å². The van der Waals surface area contributed by atoms with Crippen LogP contribution in [0.4, 0.5) is 4.79 Å². The van der Waals surface area contributed by atoms with Crippen LogP contribution in [0.25, 0.3) is 10.8 Å². The Bertz CT molecular complexity index is 1340. The third kappa shape index (κ3) is 7.86. The highest BCUT2D eigenvalue weighted by molar-refractivity contribution is 7.09. The number of piperidine rings is 1. The van der Waals surface area contributed by atoms with E-state index in [0.29, 0.717) is 32.4 Å². The fourth-order valence-electron chi connectivity index (χ4n) is 5.13. The molecule has 1 aromatic heterocycles. The number of hydrogen-bond acceptors (Lipinski definition) is 6. The summed E-state index contributed by atoms with van der Waals surface area (Å²) in [6.07, 6.45) is 0.650. The molecule has 4 rings (SSSR count). The number of benzene rings is 2. The van der Waals surface area contributed by atoms with Crippen LogP contribution in [-0.2, 0) is 27.2 Å². The normalized spacial score (nSPS) is 15.8. The van der Waals surface area contributed by atoms with E-state index in [1.54, 1.807) is 51.1 Å². The molecule has 0 saturated carbocycles. The highest BCUT2D eigenvalue weighted by Gasteiger charge is 2.38. The van der Waals surface area contributed by atoms with Crippen LogP contribution >= 0.6 is 11.3 Å². The summed E-state index contributed by atoms with van der Waals surface area (Å²) in [4.78, 5) is 46.9. The highest BCUT2D eigenvalue weighted by Crippen LogP contribution is 2.23. The lowest BCUT2D eigenvalue weighted by Gasteiger charge is -2.38. The zero-order valence-electron chi connectivity index (χ0n) is 24.6. The molecule has 0 radical (unpaired) electrons. The number of amides is 3. The minimum Gasteiger partial charge on any atom is -0.444 e. The summed E-state index contributed by atoms with van der Waals surface area (Å²) in [5, 5.41) is 14.1. The van der Waals surface area contributed by atoms with Gasteiger partial charge < -0.3 is 19.6 Å². The minimum atomic E-state index is -0.891. The van der Waals surface area contributed by atoms with Crippen LogP contribution < -0.4 is 0 Å². The van der Waals surface area contributed by atoms with E-state index < -0.39 is 29.9 Å². The molecule has 8 nitrogen and oxygen atoms in total. The Morgan fingerprint density at radius 2 is 1.63 bits per heavy atom. The fourth-order valence-corrected chi connectivity index (χ4v) is 5.88. The van der Waals surface area contributed by atoms with Gasteiger partial charge in [-0.1, -0.05) is 48.5 Å². The van der Waals surface area contributed by atoms with Crippen molar-refractivity contribution < 1.29 is 24.2 Å². The van der Waals surface area contributed by atoms with Gasteiger partial charge in [0.2, 0.25) is 11.8 Å². The number of carbonyl (C=O) groups excluding carboxylic acids is 3. The molecule has 1 fully saturated rings. The number of likely N-dealkylation sites (N-methyl/N-ethyl adjacent to an activating group) is 2. The molecule has 0 unspecified atom stereocenters. The van der Waals surface area contributed by atoms with Crippen molar-refractivity contribution >= 4 is 40.0 Å². The Hall–Kier alpha value is -3.43. The number of likely N-dealkylation sites (tertiary alicyclic amines) is 1. The smallest absolute Gasteiger partial charge is 0.410 e. The van der Waals surface area contributed by atoms with Crippen LogP contribution in [0.2, 0.25) is 0 Å². The third-order valence-electron chi connectivity index (χ3n) is 7.53. The molecule has 2 heterocycles. The van der Waals surface area contributed by atoms with Crippen LogP contribution in [0.15, 0.2) is 60.0 Å². The second kappa shape index (κ2) is 13.0. The molecule has 1 N–H and O–H groups in total. The topological polar surface area (TPSA) is 90.4 Å². The third-order valence-corrected chi connectivity index (χ3v) is 8.43. The molecule has 3 aromatic rings. The molecular formula is C32H41N3O5S. The number of aliphatic hydroxyl groups is 1. The summed E-state index contributed by atoms with van der Waals surface area (Å²) in [5.41, 5.74) is 0.168. The van der Waals surface area contributed by atoms with Gasteiger partial charge in [-0.3, -0.25) is 14.5 Å². The highest BCUT2D eigenvalue weighted by atomic mass is 32.1. The average Bonchev–Trinajstić information content (AvgIpc) is 3.46. The lowest BCUT2D eigenvalue weighted by Crippen LogP contribution is -2.57. The SMILES string of the molecule is CN(C(=O)OC(C)(C)C)[C@H](Cc1ccc2ccccc2c1)C(=O)N(C)[C@H](Cc1cccs1)C(=O)N1CCC(O)CC1. The first kappa shape index (κ1) is 30.5. The molecule has 0 aliphatic carbocycles. The maximum absolute atomic E-state index is 14.3. The van der Waals surface area contributed by atoms with Crippen molar-refractivity contribution in [1.82, 2.24) is 14.7 Å². The first-order valence-electron chi connectivity index (χ1n) is 14.1. The zero-order valence-corrected chi connectivity index (χ0v) is 25.4. The number of thiophene rings is 1. The zero-order chi connectivity index (χ0) is 29.7. The van der Waals surface area contributed by atoms with E-state index in [-0.39, 0.29) is 18.2 Å². The van der Waals surface area contributed by atoms with Crippen molar-refractivity contribution in [2.24, 2.45) is 0 Å². The van der Waals surface area contributed by atoms with Crippen molar-refractivity contribution in [1.29, 1.82) is 0 Å². The molecule has 1 saturated heterocycles. The Labute approximate surface area is 246 Å². The molecule has 0 spiro atoms. The summed E-state index contributed by atoms with van der Waals surface area (Å²) in [6, 6.07) is 16.3. The number of rotatable bonds is 8. The molecule has 0 bridgehead atoms. The average molecular weight is 580 g/mol. The second-order valence-corrected chi connectivity index (χ2v) is 12.8. The first-order chi connectivity index (χ1) is 19.4. The van der Waals surface area contributed by atoms with Crippen LogP contribution in [0.5, 0.6) is 0 Å². The van der Waals surface area contributed by atoms with Crippen LogP contribution in [0.3, 0.4) is 0 Å². The van der Waals surface area contributed by atoms with E-state index in [4.69, 9.17) is 4.74 Å². The van der Waals surface area contributed by atoms with Crippen molar-refractivity contribution in [3.05, 3.63) is 70.4 Å². The number of ether oxygens (including phenoxy) is 1. The van der Waals surface area contributed by atoms with Gasteiger partial charge in [0, 0.05) is 44.9 Å². The van der Waals surface area contributed by atoms with Gasteiger partial charge in [-0.15, -0.1) is 11.3 Å². The monoisotopic (exact) mass is 579 g/mol. The molecule has 220 valence electrons. The van der Waals surface area contributed by atoms with Gasteiger partial charge in [-0.25, -0.2) is 4.79 Å². The van der Waals surface area contributed by atoms with Gasteiger partial charge >= 0.3 is 6.09 Å².